The van der Waals surface area contributed by atoms with Crippen molar-refractivity contribution in [2.24, 2.45) is 5.10 Å². The first-order valence-electron chi connectivity index (χ1n) is 6.62. The molecular weight excluding hydrogens is 306 g/mol. The Morgan fingerprint density at radius 2 is 1.77 bits per heavy atom. The van der Waals surface area contributed by atoms with Gasteiger partial charge in [-0.25, -0.2) is 13.4 Å². The fourth-order valence-corrected chi connectivity index (χ4v) is 4.13. The molecule has 0 aromatic heterocycles. The highest BCUT2D eigenvalue weighted by atomic mass is 32.2. The van der Waals surface area contributed by atoms with Crippen LogP contribution < -0.4 is 5.48 Å². The lowest BCUT2D eigenvalue weighted by molar-refractivity contribution is -0.134. The van der Waals surface area contributed by atoms with Gasteiger partial charge in [-0.05, 0) is 44.0 Å². The zero-order valence-corrected chi connectivity index (χ0v) is 13.9. The van der Waals surface area contributed by atoms with Gasteiger partial charge in [-0.3, -0.25) is 4.79 Å². The van der Waals surface area contributed by atoms with E-state index >= 15 is 0 Å². The highest BCUT2D eigenvalue weighted by Gasteiger charge is 2.46. The number of rotatable bonds is 3. The van der Waals surface area contributed by atoms with E-state index in [4.69, 9.17) is 0 Å². The zero-order chi connectivity index (χ0) is 16.9. The summed E-state index contributed by atoms with van der Waals surface area (Å²) in [6.07, 6.45) is 1.16. The van der Waals surface area contributed by atoms with Crippen molar-refractivity contribution >= 4 is 21.5 Å². The number of carbonyl (C=O) groups excluding carboxylic acids is 1. The van der Waals surface area contributed by atoms with E-state index in [2.05, 4.69) is 5.10 Å². The first kappa shape index (κ1) is 16.6. The zero-order valence-electron chi connectivity index (χ0n) is 13.1. The molecule has 7 nitrogen and oxygen atoms in total. The minimum absolute atomic E-state index is 0.271. The van der Waals surface area contributed by atoms with Crippen molar-refractivity contribution in [2.75, 3.05) is 13.3 Å². The van der Waals surface area contributed by atoms with Gasteiger partial charge in [0.15, 0.2) is 15.4 Å². The summed E-state index contributed by atoms with van der Waals surface area (Å²) in [6.45, 7) is 4.90. The monoisotopic (exact) mass is 325 g/mol. The van der Waals surface area contributed by atoms with Gasteiger partial charge in [-0.1, -0.05) is 0 Å². The van der Waals surface area contributed by atoms with Crippen LogP contribution in [0.1, 0.15) is 23.6 Å². The third-order valence-electron chi connectivity index (χ3n) is 3.77. The number of likely N-dealkylation sites (N-methyl/N-ethyl adjacent to an activating group) is 1. The molecule has 120 valence electrons. The number of nitrogens with one attached hydrogen (secondary N) is 1. The summed E-state index contributed by atoms with van der Waals surface area (Å²) in [6, 6.07) is 3.31. The molecule has 8 heteroatoms. The Kier molecular flexibility index (Phi) is 3.88. The maximum Gasteiger partial charge on any atom is 0.270 e. The molecule has 1 aliphatic rings. The fraction of sp³-hybridized carbons (Fsp3) is 0.429. The molecule has 1 aromatic rings. The molecule has 0 aliphatic carbocycles. The van der Waals surface area contributed by atoms with Crippen molar-refractivity contribution in [1.82, 2.24) is 10.5 Å². The van der Waals surface area contributed by atoms with Gasteiger partial charge in [0.2, 0.25) is 0 Å². The third kappa shape index (κ3) is 2.43. The average molecular weight is 325 g/mol. The van der Waals surface area contributed by atoms with Crippen molar-refractivity contribution in [3.05, 3.63) is 28.8 Å². The Hall–Kier alpha value is -1.77. The van der Waals surface area contributed by atoms with Crippen LogP contribution in [0.25, 0.3) is 0 Å². The van der Waals surface area contributed by atoms with E-state index in [-0.39, 0.29) is 4.90 Å². The Balaban J connectivity index is 2.65. The van der Waals surface area contributed by atoms with Gasteiger partial charge in [0, 0.05) is 18.9 Å². The summed E-state index contributed by atoms with van der Waals surface area (Å²) in [7, 11) is -1.85. The molecule has 1 aliphatic heterocycles. The highest BCUT2D eigenvalue weighted by Crippen LogP contribution is 2.28. The maximum absolute atomic E-state index is 12.1. The molecule has 1 unspecified atom stereocenters. The van der Waals surface area contributed by atoms with Crippen molar-refractivity contribution in [3.8, 4) is 0 Å². The van der Waals surface area contributed by atoms with Gasteiger partial charge in [0.1, 0.15) is 0 Å². The first-order chi connectivity index (χ1) is 10.0. The van der Waals surface area contributed by atoms with Crippen LogP contribution in [0, 0.1) is 13.8 Å². The predicted molar refractivity (Wildman–Crippen MR) is 81.7 cm³/mol. The second-order valence-corrected chi connectivity index (χ2v) is 7.68. The van der Waals surface area contributed by atoms with Crippen LogP contribution in [0.15, 0.2) is 22.1 Å². The number of hydroxylamine groups is 1. The summed E-state index contributed by atoms with van der Waals surface area (Å²) in [5.41, 5.74) is 2.72. The smallest absolute Gasteiger partial charge is 0.270 e. The van der Waals surface area contributed by atoms with Crippen molar-refractivity contribution in [2.45, 2.75) is 31.2 Å². The molecule has 2 N–H and O–H groups in total. The second-order valence-electron chi connectivity index (χ2n) is 5.73. The molecule has 2 rings (SSSR count). The number of hydrogen-bond acceptors (Lipinski definition) is 6. The molecule has 0 fully saturated rings. The molecule has 1 amide bonds. The standard InChI is InChI=1S/C14H19N3O4S/c1-8-6-10(7-9(2)11(8)22(5,20)21)12-14(3,16-19)13(18)17(4)15-12/h6-7,16,19H,1-5H3. The van der Waals surface area contributed by atoms with Crippen LogP contribution in [-0.2, 0) is 14.6 Å². The van der Waals surface area contributed by atoms with E-state index < -0.39 is 21.3 Å². The third-order valence-corrected chi connectivity index (χ3v) is 5.16. The number of sulfone groups is 1. The number of benzene rings is 1. The first-order valence-corrected chi connectivity index (χ1v) is 8.51. The lowest BCUT2D eigenvalue weighted by atomic mass is 9.89. The van der Waals surface area contributed by atoms with E-state index in [0.717, 1.165) is 11.3 Å². The van der Waals surface area contributed by atoms with E-state index in [1.165, 1.54) is 14.0 Å². The van der Waals surface area contributed by atoms with E-state index in [9.17, 15) is 18.4 Å². The van der Waals surface area contributed by atoms with Gasteiger partial charge in [0.05, 0.1) is 10.6 Å². The molecule has 0 spiro atoms. The Labute approximate surface area is 129 Å². The number of aryl methyl sites for hydroxylation is 2. The average Bonchev–Trinajstić information content (AvgIpc) is 2.61. The minimum atomic E-state index is -3.34. The summed E-state index contributed by atoms with van der Waals surface area (Å²) in [5.74, 6) is -0.396. The van der Waals surface area contributed by atoms with Crippen LogP contribution in [-0.4, -0.2) is 49.1 Å². The van der Waals surface area contributed by atoms with Crippen LogP contribution in [0.4, 0.5) is 0 Å². The Bertz CT molecular complexity index is 762. The number of hydrogen-bond donors (Lipinski definition) is 2. The van der Waals surface area contributed by atoms with Gasteiger partial charge in [-0.15, -0.1) is 0 Å². The molecule has 22 heavy (non-hydrogen) atoms. The Morgan fingerprint density at radius 1 is 1.27 bits per heavy atom. The van der Waals surface area contributed by atoms with Gasteiger partial charge in [-0.2, -0.15) is 10.6 Å². The van der Waals surface area contributed by atoms with Crippen molar-refractivity contribution in [3.63, 3.8) is 0 Å². The molecular formula is C14H19N3O4S. The largest absolute Gasteiger partial charge is 0.315 e. The maximum atomic E-state index is 12.1. The van der Waals surface area contributed by atoms with Crippen molar-refractivity contribution in [1.29, 1.82) is 0 Å². The predicted octanol–water partition coefficient (Wildman–Crippen LogP) is 0.621. The molecule has 0 bridgehead atoms. The molecule has 1 heterocycles. The van der Waals surface area contributed by atoms with Crippen LogP contribution in [0.2, 0.25) is 0 Å². The van der Waals surface area contributed by atoms with E-state index in [0.29, 0.717) is 22.4 Å². The summed E-state index contributed by atoms with van der Waals surface area (Å²) >= 11 is 0. The van der Waals surface area contributed by atoms with Gasteiger partial charge in [0.25, 0.3) is 5.91 Å². The molecule has 0 saturated carbocycles. The van der Waals surface area contributed by atoms with E-state index in [1.807, 2.05) is 5.48 Å². The minimum Gasteiger partial charge on any atom is -0.315 e. The number of nitrogens with zero attached hydrogens (tertiary/aromatic N) is 2. The SMILES string of the molecule is Cc1cc(C2=NN(C)C(=O)C2(C)NO)cc(C)c1S(C)(=O)=O. The normalized spacial score (nSPS) is 22.2. The summed E-state index contributed by atoms with van der Waals surface area (Å²) in [5, 5.41) is 14.7. The number of carbonyl (C=O) groups is 1. The second kappa shape index (κ2) is 5.15. The topological polar surface area (TPSA) is 99.1 Å². The van der Waals surface area contributed by atoms with Crippen LogP contribution >= 0.6 is 0 Å². The summed E-state index contributed by atoms with van der Waals surface area (Å²) < 4.78 is 23.7. The van der Waals surface area contributed by atoms with Crippen LogP contribution in [0.5, 0.6) is 0 Å². The lowest BCUT2D eigenvalue weighted by Crippen LogP contribution is -2.53. The Morgan fingerprint density at radius 3 is 2.18 bits per heavy atom. The molecule has 1 atom stereocenters. The van der Waals surface area contributed by atoms with Crippen LogP contribution in [0.3, 0.4) is 0 Å². The fourth-order valence-electron chi connectivity index (χ4n) is 2.84. The van der Waals surface area contributed by atoms with Crippen molar-refractivity contribution < 1.29 is 18.4 Å². The number of hydrazone groups is 1. The van der Waals surface area contributed by atoms with E-state index in [1.54, 1.807) is 26.0 Å². The molecule has 0 radical (unpaired) electrons. The molecule has 0 saturated heterocycles. The summed E-state index contributed by atoms with van der Waals surface area (Å²) in [4.78, 5) is 12.4. The quantitative estimate of drug-likeness (QED) is 0.794. The number of amides is 1. The van der Waals surface area contributed by atoms with Gasteiger partial charge < -0.3 is 5.21 Å². The lowest BCUT2D eigenvalue weighted by Gasteiger charge is -2.22. The molecule has 1 aromatic carbocycles. The van der Waals surface area contributed by atoms with Gasteiger partial charge >= 0.3 is 0 Å². The highest BCUT2D eigenvalue weighted by molar-refractivity contribution is 7.90.